The number of methoxy groups -OCH3 is 1. The monoisotopic (exact) mass is 275 g/mol. The lowest BCUT2D eigenvalue weighted by Crippen LogP contribution is -2.43. The molecule has 2 rings (SSSR count). The van der Waals surface area contributed by atoms with Gasteiger partial charge >= 0.3 is 0 Å². The highest BCUT2D eigenvalue weighted by Crippen LogP contribution is 2.34. The van der Waals surface area contributed by atoms with Gasteiger partial charge < -0.3 is 4.74 Å². The van der Waals surface area contributed by atoms with Gasteiger partial charge in [0.15, 0.2) is 0 Å². The van der Waals surface area contributed by atoms with E-state index >= 15 is 0 Å². The molecule has 0 aromatic rings. The lowest BCUT2D eigenvalue weighted by molar-refractivity contribution is -0.121. The van der Waals surface area contributed by atoms with Crippen molar-refractivity contribution in [2.24, 2.45) is 5.92 Å². The number of hydrogen-bond donors (Lipinski definition) is 0. The van der Waals surface area contributed by atoms with Crippen molar-refractivity contribution in [1.82, 2.24) is 4.31 Å². The number of rotatable bonds is 5. The van der Waals surface area contributed by atoms with Gasteiger partial charge in [-0.25, -0.2) is 8.42 Å². The molecule has 2 atom stereocenters. The highest BCUT2D eigenvalue weighted by molar-refractivity contribution is 7.89. The molecule has 104 valence electrons. The molecule has 1 saturated carbocycles. The van der Waals surface area contributed by atoms with Gasteiger partial charge in [0.2, 0.25) is 10.0 Å². The van der Waals surface area contributed by atoms with Crippen LogP contribution < -0.4 is 0 Å². The Kier molecular flexibility index (Phi) is 4.40. The van der Waals surface area contributed by atoms with Crippen molar-refractivity contribution < 1.29 is 17.9 Å². The van der Waals surface area contributed by atoms with Gasteiger partial charge in [-0.3, -0.25) is 4.79 Å². The Morgan fingerprint density at radius 1 is 1.33 bits per heavy atom. The van der Waals surface area contributed by atoms with Crippen LogP contribution in [0.15, 0.2) is 0 Å². The summed E-state index contributed by atoms with van der Waals surface area (Å²) >= 11 is 0. The molecular weight excluding hydrogens is 254 g/mol. The molecule has 1 heterocycles. The summed E-state index contributed by atoms with van der Waals surface area (Å²) in [5.41, 5.74) is 0. The summed E-state index contributed by atoms with van der Waals surface area (Å²) in [6.07, 6.45) is 4.06. The van der Waals surface area contributed by atoms with Crippen molar-refractivity contribution in [1.29, 1.82) is 0 Å². The minimum atomic E-state index is -3.28. The van der Waals surface area contributed by atoms with E-state index in [1.807, 2.05) is 0 Å². The lowest BCUT2D eigenvalue weighted by atomic mass is 9.96. The van der Waals surface area contributed by atoms with Gasteiger partial charge in [-0.05, 0) is 25.7 Å². The molecule has 2 aliphatic rings. The zero-order valence-electron chi connectivity index (χ0n) is 10.8. The first-order chi connectivity index (χ1) is 8.56. The van der Waals surface area contributed by atoms with Crippen LogP contribution in [-0.4, -0.2) is 50.6 Å². The molecule has 2 fully saturated rings. The van der Waals surface area contributed by atoms with E-state index in [0.29, 0.717) is 13.0 Å². The van der Waals surface area contributed by atoms with E-state index in [0.717, 1.165) is 25.7 Å². The fourth-order valence-corrected chi connectivity index (χ4v) is 4.75. The molecule has 5 nitrogen and oxygen atoms in total. The highest BCUT2D eigenvalue weighted by atomic mass is 32.2. The quantitative estimate of drug-likeness (QED) is 0.744. The van der Waals surface area contributed by atoms with E-state index in [1.54, 1.807) is 4.31 Å². The van der Waals surface area contributed by atoms with E-state index < -0.39 is 10.0 Å². The largest absolute Gasteiger partial charge is 0.384 e. The number of sulfonamides is 1. The fourth-order valence-electron chi connectivity index (χ4n) is 3.07. The maximum absolute atomic E-state index is 12.2. The maximum Gasteiger partial charge on any atom is 0.216 e. The van der Waals surface area contributed by atoms with Gasteiger partial charge in [0.05, 0.1) is 12.4 Å². The highest BCUT2D eigenvalue weighted by Gasteiger charge is 2.42. The number of Topliss-reactive ketones (excluding diaryl/α,β-unsaturated/α-hetero) is 1. The van der Waals surface area contributed by atoms with Gasteiger partial charge in [0.1, 0.15) is 5.78 Å². The van der Waals surface area contributed by atoms with Crippen LogP contribution in [-0.2, 0) is 19.6 Å². The summed E-state index contributed by atoms with van der Waals surface area (Å²) in [7, 11) is -1.78. The summed E-state index contributed by atoms with van der Waals surface area (Å²) in [5, 5.41) is 0. The van der Waals surface area contributed by atoms with Crippen LogP contribution in [0, 0.1) is 5.92 Å². The van der Waals surface area contributed by atoms with Crippen molar-refractivity contribution in [2.45, 2.75) is 38.1 Å². The first-order valence-corrected chi connectivity index (χ1v) is 8.18. The van der Waals surface area contributed by atoms with Gasteiger partial charge in [0, 0.05) is 32.0 Å². The summed E-state index contributed by atoms with van der Waals surface area (Å²) < 4.78 is 30.8. The lowest BCUT2D eigenvalue weighted by Gasteiger charge is -2.27. The molecular formula is C12H21NO4S. The standard InChI is InChI=1S/C12H21NO4S/c1-17-8-9-18(15,16)13-7-3-5-11(13)10-4-2-6-12(10)14/h10-11H,2-9H2,1H3. The molecule has 0 amide bonds. The molecule has 2 unspecified atom stereocenters. The average molecular weight is 275 g/mol. The van der Waals surface area contributed by atoms with Crippen molar-refractivity contribution in [2.75, 3.05) is 26.0 Å². The molecule has 1 aliphatic carbocycles. The number of carbonyl (C=O) groups excluding carboxylic acids is 1. The number of nitrogens with zero attached hydrogens (tertiary/aromatic N) is 1. The third kappa shape index (κ3) is 2.75. The zero-order valence-corrected chi connectivity index (χ0v) is 11.6. The molecule has 0 aromatic heterocycles. The van der Waals surface area contributed by atoms with Gasteiger partial charge in [-0.2, -0.15) is 4.31 Å². The summed E-state index contributed by atoms with van der Waals surface area (Å²) in [6.45, 7) is 0.769. The minimum absolute atomic E-state index is 0.0148. The first kappa shape index (κ1) is 14.0. The smallest absolute Gasteiger partial charge is 0.216 e. The Bertz CT molecular complexity index is 406. The topological polar surface area (TPSA) is 63.7 Å². The molecule has 0 N–H and O–H groups in total. The Morgan fingerprint density at radius 2 is 2.11 bits per heavy atom. The number of hydrogen-bond acceptors (Lipinski definition) is 4. The first-order valence-electron chi connectivity index (χ1n) is 6.57. The van der Waals surface area contributed by atoms with Crippen LogP contribution in [0.4, 0.5) is 0 Å². The Hall–Kier alpha value is -0.460. The average Bonchev–Trinajstić information content (AvgIpc) is 2.94. The fraction of sp³-hybridized carbons (Fsp3) is 0.917. The third-order valence-electron chi connectivity index (χ3n) is 3.97. The van der Waals surface area contributed by atoms with Gasteiger partial charge in [-0.15, -0.1) is 0 Å². The van der Waals surface area contributed by atoms with Crippen LogP contribution in [0.3, 0.4) is 0 Å². The Balaban J connectivity index is 2.09. The van der Waals surface area contributed by atoms with E-state index in [1.165, 1.54) is 7.11 Å². The van der Waals surface area contributed by atoms with E-state index in [-0.39, 0.29) is 30.1 Å². The summed E-state index contributed by atoms with van der Waals surface area (Å²) in [6, 6.07) is -0.0955. The van der Waals surface area contributed by atoms with Crippen LogP contribution in [0.2, 0.25) is 0 Å². The van der Waals surface area contributed by atoms with Gasteiger partial charge in [0.25, 0.3) is 0 Å². The molecule has 18 heavy (non-hydrogen) atoms. The van der Waals surface area contributed by atoms with Crippen LogP contribution in [0.1, 0.15) is 32.1 Å². The van der Waals surface area contributed by atoms with Crippen LogP contribution in [0.5, 0.6) is 0 Å². The van der Waals surface area contributed by atoms with Crippen molar-refractivity contribution in [3.8, 4) is 0 Å². The van der Waals surface area contributed by atoms with Crippen molar-refractivity contribution in [3.05, 3.63) is 0 Å². The Morgan fingerprint density at radius 3 is 2.72 bits per heavy atom. The molecule has 6 heteroatoms. The van der Waals surface area contributed by atoms with Gasteiger partial charge in [-0.1, -0.05) is 0 Å². The second-order valence-electron chi connectivity index (χ2n) is 5.09. The van der Waals surface area contributed by atoms with Crippen LogP contribution >= 0.6 is 0 Å². The summed E-state index contributed by atoms with van der Waals surface area (Å²) in [5.74, 6) is 0.194. The second kappa shape index (κ2) is 5.67. The minimum Gasteiger partial charge on any atom is -0.384 e. The summed E-state index contributed by atoms with van der Waals surface area (Å²) in [4.78, 5) is 11.8. The number of ketones is 1. The van der Waals surface area contributed by atoms with Crippen molar-refractivity contribution >= 4 is 15.8 Å². The normalized spacial score (nSPS) is 30.2. The van der Waals surface area contributed by atoms with E-state index in [2.05, 4.69) is 0 Å². The SMILES string of the molecule is COCCS(=O)(=O)N1CCCC1C1CCCC1=O. The predicted octanol–water partition coefficient (Wildman–Crippen LogP) is 0.796. The maximum atomic E-state index is 12.2. The number of carbonyl (C=O) groups is 1. The van der Waals surface area contributed by atoms with E-state index in [9.17, 15) is 13.2 Å². The Labute approximate surface area is 109 Å². The number of ether oxygens (including phenoxy) is 1. The molecule has 0 radical (unpaired) electrons. The van der Waals surface area contributed by atoms with Crippen LogP contribution in [0.25, 0.3) is 0 Å². The molecule has 0 bridgehead atoms. The molecule has 0 aromatic carbocycles. The molecule has 0 spiro atoms. The van der Waals surface area contributed by atoms with Crippen molar-refractivity contribution in [3.63, 3.8) is 0 Å². The zero-order chi connectivity index (χ0) is 13.2. The predicted molar refractivity (Wildman–Crippen MR) is 67.7 cm³/mol. The van der Waals surface area contributed by atoms with E-state index in [4.69, 9.17) is 4.74 Å². The molecule has 1 saturated heterocycles. The molecule has 1 aliphatic heterocycles. The second-order valence-corrected chi connectivity index (χ2v) is 7.14. The third-order valence-corrected chi connectivity index (χ3v) is 5.82.